The molecule has 118 valence electrons. The van der Waals surface area contributed by atoms with E-state index in [0.717, 1.165) is 17.7 Å². The maximum Gasteiger partial charge on any atom is 0.151 e. The van der Waals surface area contributed by atoms with Gasteiger partial charge in [0.15, 0.2) is 6.29 Å². The topological polar surface area (TPSA) is 42.9 Å². The molecule has 0 aromatic carbocycles. The number of hydrogen-bond acceptors (Lipinski definition) is 3. The summed E-state index contributed by atoms with van der Waals surface area (Å²) in [5, 5.41) is 0. The third-order valence-electron chi connectivity index (χ3n) is 3.35. The number of carbonyl (C=O) groups excluding carboxylic acids is 1. The van der Waals surface area contributed by atoms with Gasteiger partial charge in [0, 0.05) is 18.0 Å². The largest absolute Gasteiger partial charge is 0.298 e. The van der Waals surface area contributed by atoms with Crippen molar-refractivity contribution in [2.75, 3.05) is 0 Å². The van der Waals surface area contributed by atoms with Gasteiger partial charge in [0.05, 0.1) is 11.4 Å². The third kappa shape index (κ3) is 6.61. The van der Waals surface area contributed by atoms with E-state index in [1.807, 2.05) is 32.0 Å². The van der Waals surface area contributed by atoms with E-state index in [0.29, 0.717) is 5.56 Å². The van der Waals surface area contributed by atoms with Crippen LogP contribution in [0.25, 0.3) is 11.4 Å². The Kier molecular flexibility index (Phi) is 9.51. The fourth-order valence-corrected chi connectivity index (χ4v) is 2.20. The summed E-state index contributed by atoms with van der Waals surface area (Å²) in [6.45, 7) is 4.00. The molecule has 0 saturated heterocycles. The van der Waals surface area contributed by atoms with Crippen molar-refractivity contribution < 1.29 is 4.79 Å². The van der Waals surface area contributed by atoms with Gasteiger partial charge < -0.3 is 0 Å². The lowest BCUT2D eigenvalue weighted by Gasteiger charge is -2.05. The third-order valence-corrected chi connectivity index (χ3v) is 3.35. The minimum absolute atomic E-state index is 0.574. The molecule has 3 nitrogen and oxygen atoms in total. The Morgan fingerprint density at radius 2 is 1.41 bits per heavy atom. The average Bonchev–Trinajstić information content (AvgIpc) is 2.66. The Morgan fingerprint density at radius 1 is 0.818 bits per heavy atom. The van der Waals surface area contributed by atoms with Crippen molar-refractivity contribution in [3.8, 4) is 11.4 Å². The summed E-state index contributed by atoms with van der Waals surface area (Å²) in [5.41, 5.74) is 2.16. The highest BCUT2D eigenvalue weighted by atomic mass is 16.1. The molecule has 0 unspecified atom stereocenters. The molecule has 0 spiro atoms. The molecular weight excluding hydrogens is 272 g/mol. The Bertz CT molecular complexity index is 493. The molecule has 2 aromatic heterocycles. The zero-order valence-electron chi connectivity index (χ0n) is 13.7. The van der Waals surface area contributed by atoms with Gasteiger partial charge in [-0.2, -0.15) is 0 Å². The molecule has 0 radical (unpaired) electrons. The number of nitrogens with zero attached hydrogens (tertiary/aromatic N) is 2. The number of rotatable bonds is 2. The quantitative estimate of drug-likeness (QED) is 0.704. The van der Waals surface area contributed by atoms with Crippen molar-refractivity contribution in [2.45, 2.75) is 52.4 Å². The van der Waals surface area contributed by atoms with Gasteiger partial charge >= 0.3 is 0 Å². The van der Waals surface area contributed by atoms with Gasteiger partial charge in [0.25, 0.3) is 0 Å². The van der Waals surface area contributed by atoms with E-state index in [2.05, 4.69) is 9.97 Å². The fourth-order valence-electron chi connectivity index (χ4n) is 2.20. The zero-order chi connectivity index (χ0) is 16.0. The van der Waals surface area contributed by atoms with Crippen molar-refractivity contribution in [1.82, 2.24) is 9.97 Å². The van der Waals surface area contributed by atoms with Crippen LogP contribution in [-0.2, 0) is 0 Å². The second-order valence-electron chi connectivity index (χ2n) is 4.93. The van der Waals surface area contributed by atoms with E-state index in [4.69, 9.17) is 0 Å². The lowest BCUT2D eigenvalue weighted by Crippen LogP contribution is -1.88. The summed E-state index contributed by atoms with van der Waals surface area (Å²) in [5.74, 6) is 0. The number of hydrogen-bond donors (Lipinski definition) is 0. The molecule has 0 bridgehead atoms. The van der Waals surface area contributed by atoms with E-state index < -0.39 is 0 Å². The Labute approximate surface area is 133 Å². The lowest BCUT2D eigenvalue weighted by atomic mass is 10.0. The molecular formula is C19H26N2O. The van der Waals surface area contributed by atoms with Crippen LogP contribution in [0.5, 0.6) is 0 Å². The number of aromatic nitrogens is 2. The predicted molar refractivity (Wildman–Crippen MR) is 91.9 cm³/mol. The maximum absolute atomic E-state index is 10.4. The molecule has 1 saturated carbocycles. The van der Waals surface area contributed by atoms with Gasteiger partial charge in [0.1, 0.15) is 0 Å². The van der Waals surface area contributed by atoms with Crippen molar-refractivity contribution >= 4 is 6.29 Å². The van der Waals surface area contributed by atoms with Crippen LogP contribution in [0.15, 0.2) is 42.7 Å². The molecule has 0 atom stereocenters. The maximum atomic E-state index is 10.4. The molecule has 2 aromatic rings. The summed E-state index contributed by atoms with van der Waals surface area (Å²) in [7, 11) is 0. The normalized spacial score (nSPS) is 13.0. The van der Waals surface area contributed by atoms with E-state index in [9.17, 15) is 4.79 Å². The minimum atomic E-state index is 0.574. The van der Waals surface area contributed by atoms with E-state index in [1.54, 1.807) is 18.3 Å². The first-order valence-corrected chi connectivity index (χ1v) is 8.23. The first kappa shape index (κ1) is 18.0. The molecule has 0 aliphatic heterocycles. The number of pyridine rings is 2. The van der Waals surface area contributed by atoms with Crippen LogP contribution in [0.1, 0.15) is 62.7 Å². The minimum Gasteiger partial charge on any atom is -0.298 e. The van der Waals surface area contributed by atoms with Gasteiger partial charge in [-0.3, -0.25) is 14.8 Å². The summed E-state index contributed by atoms with van der Waals surface area (Å²) in [6, 6.07) is 9.14. The van der Waals surface area contributed by atoms with Crippen LogP contribution in [0.3, 0.4) is 0 Å². The van der Waals surface area contributed by atoms with Crippen LogP contribution in [0.4, 0.5) is 0 Å². The standard InChI is InChI=1S/C11H8N2O.C6H12.C2H6/c14-8-9-4-5-11(13-7-9)10-3-1-2-6-12-10;1-2-4-6-5-3-1;1-2/h1-8H;1-6H2;1-2H3. The first-order chi connectivity index (χ1) is 10.9. The Hall–Kier alpha value is -2.03. The molecule has 2 heterocycles. The number of carbonyl (C=O) groups is 1. The average molecular weight is 298 g/mol. The van der Waals surface area contributed by atoms with Crippen LogP contribution in [-0.4, -0.2) is 16.3 Å². The van der Waals surface area contributed by atoms with Gasteiger partial charge in [-0.15, -0.1) is 0 Å². The van der Waals surface area contributed by atoms with Crippen LogP contribution < -0.4 is 0 Å². The second-order valence-corrected chi connectivity index (χ2v) is 4.93. The van der Waals surface area contributed by atoms with Crippen molar-refractivity contribution in [3.63, 3.8) is 0 Å². The SMILES string of the molecule is C1CCCCC1.CC.O=Cc1ccc(-c2ccccn2)nc1. The van der Waals surface area contributed by atoms with E-state index in [-0.39, 0.29) is 0 Å². The Balaban J connectivity index is 0.000000253. The zero-order valence-corrected chi connectivity index (χ0v) is 13.7. The van der Waals surface area contributed by atoms with Crippen LogP contribution in [0.2, 0.25) is 0 Å². The highest BCUT2D eigenvalue weighted by Crippen LogP contribution is 2.15. The fraction of sp³-hybridized carbons (Fsp3) is 0.421. The van der Waals surface area contributed by atoms with E-state index >= 15 is 0 Å². The lowest BCUT2D eigenvalue weighted by molar-refractivity contribution is 0.112. The molecule has 0 N–H and O–H groups in total. The number of aldehydes is 1. The van der Waals surface area contributed by atoms with Gasteiger partial charge in [0.2, 0.25) is 0 Å². The smallest absolute Gasteiger partial charge is 0.151 e. The van der Waals surface area contributed by atoms with Crippen molar-refractivity contribution in [1.29, 1.82) is 0 Å². The molecule has 22 heavy (non-hydrogen) atoms. The highest BCUT2D eigenvalue weighted by Gasteiger charge is 1.98. The monoisotopic (exact) mass is 298 g/mol. The van der Waals surface area contributed by atoms with Crippen LogP contribution >= 0.6 is 0 Å². The van der Waals surface area contributed by atoms with E-state index in [1.165, 1.54) is 44.7 Å². The Morgan fingerprint density at radius 3 is 1.82 bits per heavy atom. The molecule has 1 aliphatic carbocycles. The van der Waals surface area contributed by atoms with Gasteiger partial charge in [-0.05, 0) is 24.3 Å². The molecule has 1 fully saturated rings. The van der Waals surface area contributed by atoms with Crippen LogP contribution in [0, 0.1) is 0 Å². The summed E-state index contributed by atoms with van der Waals surface area (Å²) in [6.07, 6.45) is 13.0. The molecule has 3 heteroatoms. The predicted octanol–water partition coefficient (Wildman–Crippen LogP) is 5.32. The first-order valence-electron chi connectivity index (χ1n) is 8.23. The van der Waals surface area contributed by atoms with Gasteiger partial charge in [-0.25, -0.2) is 0 Å². The summed E-state index contributed by atoms with van der Waals surface area (Å²) >= 11 is 0. The highest BCUT2D eigenvalue weighted by molar-refractivity contribution is 5.74. The van der Waals surface area contributed by atoms with Crippen molar-refractivity contribution in [2.24, 2.45) is 0 Å². The molecule has 0 amide bonds. The summed E-state index contributed by atoms with van der Waals surface area (Å²) in [4.78, 5) is 18.7. The second kappa shape index (κ2) is 11.6. The van der Waals surface area contributed by atoms with Gasteiger partial charge in [-0.1, -0.05) is 58.4 Å². The van der Waals surface area contributed by atoms with Crippen molar-refractivity contribution in [3.05, 3.63) is 48.3 Å². The molecule has 1 aliphatic rings. The summed E-state index contributed by atoms with van der Waals surface area (Å²) < 4.78 is 0. The molecule has 3 rings (SSSR count).